The number of nitrogens with one attached hydrogen (secondary N) is 1. The molecule has 8 nitrogen and oxygen atoms in total. The molecule has 0 saturated heterocycles. The first-order valence-electron chi connectivity index (χ1n) is 10.4. The number of methoxy groups -OCH3 is 1. The summed E-state index contributed by atoms with van der Waals surface area (Å²) in [4.78, 5) is 22.8. The van der Waals surface area contributed by atoms with Gasteiger partial charge in [0.15, 0.2) is 5.13 Å². The van der Waals surface area contributed by atoms with E-state index in [-0.39, 0.29) is 21.9 Å². The Kier molecular flexibility index (Phi) is 5.78. The first kappa shape index (κ1) is 22.3. The summed E-state index contributed by atoms with van der Waals surface area (Å²) >= 11 is 2.42. The minimum atomic E-state index is -0.414. The molecule has 35 heavy (non-hydrogen) atoms. The molecule has 0 spiro atoms. The van der Waals surface area contributed by atoms with Crippen LogP contribution in [0, 0.1) is 11.3 Å². The third-order valence-electron chi connectivity index (χ3n) is 5.39. The number of anilines is 3. The fourth-order valence-corrected chi connectivity index (χ4v) is 5.52. The molecular weight excluding hydrogens is 480 g/mol. The predicted octanol–water partition coefficient (Wildman–Crippen LogP) is 5.38. The second-order valence-electron chi connectivity index (χ2n) is 7.44. The number of para-hydroxylation sites is 1. The molecule has 0 aliphatic carbocycles. The number of thiophene rings is 1. The fourth-order valence-electron chi connectivity index (χ4n) is 3.81. The van der Waals surface area contributed by atoms with Crippen molar-refractivity contribution in [2.75, 3.05) is 23.9 Å². The highest BCUT2D eigenvalue weighted by Gasteiger charge is 2.25. The summed E-state index contributed by atoms with van der Waals surface area (Å²) < 4.78 is 5.41. The lowest BCUT2D eigenvalue weighted by molar-refractivity contribution is 0.103. The van der Waals surface area contributed by atoms with Gasteiger partial charge in [-0.25, -0.2) is 9.97 Å². The Morgan fingerprint density at radius 3 is 2.57 bits per heavy atom. The number of pyridine rings is 1. The number of nitrogens with two attached hydrogens (primary N) is 2. The molecule has 1 amide bonds. The number of nitriles is 1. The predicted molar refractivity (Wildman–Crippen MR) is 141 cm³/mol. The van der Waals surface area contributed by atoms with Crippen LogP contribution >= 0.6 is 22.7 Å². The van der Waals surface area contributed by atoms with Gasteiger partial charge in [0, 0.05) is 21.9 Å². The Hall–Kier alpha value is -4.46. The van der Waals surface area contributed by atoms with Gasteiger partial charge in [0.1, 0.15) is 32.9 Å². The molecule has 0 bridgehead atoms. The zero-order valence-corrected chi connectivity index (χ0v) is 20.0. The van der Waals surface area contributed by atoms with E-state index in [1.165, 1.54) is 11.3 Å². The number of hydrogen-bond donors (Lipinski definition) is 3. The summed E-state index contributed by atoms with van der Waals surface area (Å²) in [6.45, 7) is 0. The Morgan fingerprint density at radius 2 is 1.83 bits per heavy atom. The average molecular weight is 499 g/mol. The van der Waals surface area contributed by atoms with Crippen molar-refractivity contribution in [1.82, 2.24) is 9.97 Å². The molecule has 0 saturated carbocycles. The molecule has 0 fully saturated rings. The van der Waals surface area contributed by atoms with E-state index in [9.17, 15) is 10.1 Å². The molecule has 2 aromatic carbocycles. The van der Waals surface area contributed by atoms with Crippen molar-refractivity contribution in [3.05, 3.63) is 70.4 Å². The van der Waals surface area contributed by atoms with Crippen LogP contribution in [-0.2, 0) is 0 Å². The van der Waals surface area contributed by atoms with Crippen molar-refractivity contribution in [3.8, 4) is 34.2 Å². The SMILES string of the molecule is COc1ccccc1-c1csc(NC(=O)c2sc3nc(N)c(C#N)c(-c4ccccc4)c3c2N)n1. The molecule has 5 rings (SSSR count). The van der Waals surface area contributed by atoms with Crippen LogP contribution in [0.4, 0.5) is 16.6 Å². The Balaban J connectivity index is 1.54. The lowest BCUT2D eigenvalue weighted by Gasteiger charge is -2.09. The van der Waals surface area contributed by atoms with Crippen molar-refractivity contribution in [3.63, 3.8) is 0 Å². The van der Waals surface area contributed by atoms with Crippen LogP contribution in [0.5, 0.6) is 5.75 Å². The summed E-state index contributed by atoms with van der Waals surface area (Å²) in [6, 6.07) is 19.0. The molecule has 0 unspecified atom stereocenters. The minimum absolute atomic E-state index is 0.0911. The number of thiazole rings is 1. The van der Waals surface area contributed by atoms with Crippen molar-refractivity contribution in [2.24, 2.45) is 0 Å². The molecule has 0 atom stereocenters. The molecule has 5 N–H and O–H groups in total. The molecule has 10 heteroatoms. The second kappa shape index (κ2) is 9.06. The summed E-state index contributed by atoms with van der Waals surface area (Å²) in [5.41, 5.74) is 15.9. The van der Waals surface area contributed by atoms with Gasteiger partial charge < -0.3 is 16.2 Å². The third kappa shape index (κ3) is 3.93. The van der Waals surface area contributed by atoms with Crippen molar-refractivity contribution in [2.45, 2.75) is 0 Å². The van der Waals surface area contributed by atoms with Crippen LogP contribution in [0.15, 0.2) is 60.0 Å². The standard InChI is InChI=1S/C25H18N6O2S2/c1-33-17-10-6-5-9-14(17)16-12-34-25(29-16)31-23(32)21-20(27)19-18(13-7-3-2-4-8-13)15(11-26)22(28)30-24(19)35-21/h2-10,12H,27H2,1H3,(H2,28,30)(H,29,31,32). The lowest BCUT2D eigenvalue weighted by atomic mass is 9.97. The van der Waals surface area contributed by atoms with Gasteiger partial charge in [-0.05, 0) is 17.7 Å². The lowest BCUT2D eigenvalue weighted by Crippen LogP contribution is -2.11. The van der Waals surface area contributed by atoms with E-state index in [1.54, 1.807) is 7.11 Å². The second-order valence-corrected chi connectivity index (χ2v) is 9.30. The van der Waals surface area contributed by atoms with Gasteiger partial charge in [0.2, 0.25) is 0 Å². The number of amides is 1. The number of aromatic nitrogens is 2. The Morgan fingerprint density at radius 1 is 1.09 bits per heavy atom. The van der Waals surface area contributed by atoms with Gasteiger partial charge in [-0.3, -0.25) is 10.1 Å². The van der Waals surface area contributed by atoms with Crippen LogP contribution in [0.1, 0.15) is 15.2 Å². The summed E-state index contributed by atoms with van der Waals surface area (Å²) in [5, 5.41) is 15.4. The van der Waals surface area contributed by atoms with Crippen LogP contribution in [0.2, 0.25) is 0 Å². The van der Waals surface area contributed by atoms with Crippen LogP contribution in [0.25, 0.3) is 32.6 Å². The quantitative estimate of drug-likeness (QED) is 0.295. The van der Waals surface area contributed by atoms with Gasteiger partial charge >= 0.3 is 0 Å². The maximum Gasteiger partial charge on any atom is 0.269 e. The molecule has 0 aliphatic heterocycles. The molecule has 3 heterocycles. The molecule has 0 aliphatic rings. The van der Waals surface area contributed by atoms with Crippen molar-refractivity contribution >= 4 is 55.4 Å². The molecule has 5 aromatic rings. The maximum atomic E-state index is 13.2. The highest BCUT2D eigenvalue weighted by atomic mass is 32.1. The highest BCUT2D eigenvalue weighted by Crippen LogP contribution is 2.43. The summed E-state index contributed by atoms with van der Waals surface area (Å²) in [5.74, 6) is 0.366. The Labute approximate surface area is 208 Å². The number of rotatable bonds is 5. The number of carbonyl (C=O) groups excluding carboxylic acids is 1. The third-order valence-corrected chi connectivity index (χ3v) is 7.25. The highest BCUT2D eigenvalue weighted by molar-refractivity contribution is 7.21. The molecular formula is C25H18N6O2S2. The zero-order chi connectivity index (χ0) is 24.5. The van der Waals surface area contributed by atoms with Crippen molar-refractivity contribution in [1.29, 1.82) is 5.26 Å². The van der Waals surface area contributed by atoms with Gasteiger partial charge in [-0.15, -0.1) is 22.7 Å². The summed E-state index contributed by atoms with van der Waals surface area (Å²) in [6.07, 6.45) is 0. The fraction of sp³-hybridized carbons (Fsp3) is 0.0400. The van der Waals surface area contributed by atoms with E-state index < -0.39 is 5.91 Å². The summed E-state index contributed by atoms with van der Waals surface area (Å²) in [7, 11) is 1.60. The van der Waals surface area contributed by atoms with Gasteiger partial charge in [0.25, 0.3) is 5.91 Å². The minimum Gasteiger partial charge on any atom is -0.496 e. The number of nitrogen functional groups attached to an aromatic ring is 2. The van der Waals surface area contributed by atoms with E-state index >= 15 is 0 Å². The van der Waals surface area contributed by atoms with Gasteiger partial charge in [-0.2, -0.15) is 5.26 Å². The van der Waals surface area contributed by atoms with E-state index in [0.717, 1.165) is 22.5 Å². The van der Waals surface area contributed by atoms with Crippen LogP contribution < -0.4 is 21.5 Å². The van der Waals surface area contributed by atoms with Crippen LogP contribution in [-0.4, -0.2) is 23.0 Å². The number of ether oxygens (including phenoxy) is 1. The smallest absolute Gasteiger partial charge is 0.269 e. The normalized spacial score (nSPS) is 10.7. The first-order valence-corrected chi connectivity index (χ1v) is 12.1. The van der Waals surface area contributed by atoms with E-state index in [1.807, 2.05) is 60.0 Å². The molecule has 3 aromatic heterocycles. The monoisotopic (exact) mass is 498 g/mol. The van der Waals surface area contributed by atoms with Crippen molar-refractivity contribution < 1.29 is 9.53 Å². The number of carbonyl (C=O) groups is 1. The number of hydrogen-bond acceptors (Lipinski definition) is 9. The number of fused-ring (bicyclic) bond motifs is 1. The zero-order valence-electron chi connectivity index (χ0n) is 18.4. The maximum absolute atomic E-state index is 13.2. The molecule has 0 radical (unpaired) electrons. The Bertz CT molecular complexity index is 1620. The van der Waals surface area contributed by atoms with Gasteiger partial charge in [0.05, 0.1) is 18.5 Å². The number of nitrogens with zero attached hydrogens (tertiary/aromatic N) is 3. The van der Waals surface area contributed by atoms with E-state index in [4.69, 9.17) is 16.2 Å². The van der Waals surface area contributed by atoms with Gasteiger partial charge in [-0.1, -0.05) is 42.5 Å². The van der Waals surface area contributed by atoms with Crippen LogP contribution in [0.3, 0.4) is 0 Å². The van der Waals surface area contributed by atoms with E-state index in [0.29, 0.717) is 32.4 Å². The topological polar surface area (TPSA) is 140 Å². The first-order chi connectivity index (χ1) is 17.0. The number of benzene rings is 2. The average Bonchev–Trinajstić information content (AvgIpc) is 3.47. The molecule has 172 valence electrons. The largest absolute Gasteiger partial charge is 0.496 e. The van der Waals surface area contributed by atoms with E-state index in [2.05, 4.69) is 21.4 Å².